The van der Waals surface area contributed by atoms with Gasteiger partial charge < -0.3 is 9.47 Å². The van der Waals surface area contributed by atoms with Crippen molar-refractivity contribution < 1.29 is 14.4 Å². The average molecular weight is 249 g/mol. The smallest absolute Gasteiger partial charge is 0.235 e. The van der Waals surface area contributed by atoms with E-state index in [4.69, 9.17) is 9.47 Å². The Kier molecular flexibility index (Phi) is 4.92. The molecule has 0 fully saturated rings. The number of nitrogens with zero attached hydrogens (tertiary/aromatic N) is 1. The molecule has 0 aromatic heterocycles. The first-order valence-electron chi connectivity index (χ1n) is 5.29. The lowest BCUT2D eigenvalue weighted by atomic mass is 10.1. The molecule has 5 nitrogen and oxygen atoms in total. The summed E-state index contributed by atoms with van der Waals surface area (Å²) in [6.07, 6.45) is 4.63. The Labute approximate surface area is 105 Å². The Balaban J connectivity index is 3.26. The van der Waals surface area contributed by atoms with Gasteiger partial charge in [-0.1, -0.05) is 6.08 Å². The maximum atomic E-state index is 10.3. The number of ether oxygens (including phenoxy) is 2. The lowest BCUT2D eigenvalue weighted by molar-refractivity contribution is -0.400. The lowest BCUT2D eigenvalue weighted by Crippen LogP contribution is -1.96. The molecule has 1 aromatic rings. The molecule has 18 heavy (non-hydrogen) atoms. The minimum Gasteiger partial charge on any atom is -0.493 e. The van der Waals surface area contributed by atoms with Gasteiger partial charge in [0.05, 0.1) is 19.1 Å². The second kappa shape index (κ2) is 6.44. The van der Waals surface area contributed by atoms with Crippen molar-refractivity contribution in [2.45, 2.75) is 6.42 Å². The Morgan fingerprint density at radius 3 is 2.61 bits per heavy atom. The first kappa shape index (κ1) is 13.8. The first-order chi connectivity index (χ1) is 8.62. The number of hydrogen-bond donors (Lipinski definition) is 0. The van der Waals surface area contributed by atoms with Gasteiger partial charge in [-0.2, -0.15) is 0 Å². The average Bonchev–Trinajstić information content (AvgIpc) is 2.36. The summed E-state index contributed by atoms with van der Waals surface area (Å²) in [5.74, 6) is 1.16. The second-order valence-corrected chi connectivity index (χ2v) is 3.51. The van der Waals surface area contributed by atoms with Crippen molar-refractivity contribution in [2.75, 3.05) is 14.2 Å². The standard InChI is InChI=1S/C13H15NO4/c1-4-5-11-8-10(6-7-14(15)16)9-12(17-2)13(11)18-3/h4,6-9H,1,5H2,2-3H3/b7-6+. The van der Waals surface area contributed by atoms with Crippen LogP contribution in [0.5, 0.6) is 11.5 Å². The number of hydrogen-bond acceptors (Lipinski definition) is 4. The van der Waals surface area contributed by atoms with Crippen LogP contribution in [-0.2, 0) is 6.42 Å². The van der Waals surface area contributed by atoms with Gasteiger partial charge in [-0.3, -0.25) is 10.1 Å². The Morgan fingerprint density at radius 1 is 1.39 bits per heavy atom. The molecule has 0 amide bonds. The minimum atomic E-state index is -0.510. The molecule has 96 valence electrons. The highest BCUT2D eigenvalue weighted by Crippen LogP contribution is 2.33. The van der Waals surface area contributed by atoms with Gasteiger partial charge in [0.1, 0.15) is 0 Å². The maximum Gasteiger partial charge on any atom is 0.235 e. The molecule has 0 aliphatic rings. The molecule has 1 aromatic carbocycles. The third-order valence-electron chi connectivity index (χ3n) is 2.33. The van der Waals surface area contributed by atoms with Crippen LogP contribution < -0.4 is 9.47 Å². The largest absolute Gasteiger partial charge is 0.493 e. The van der Waals surface area contributed by atoms with E-state index in [1.807, 2.05) is 6.07 Å². The summed E-state index contributed by atoms with van der Waals surface area (Å²) in [5.41, 5.74) is 1.55. The van der Waals surface area contributed by atoms with E-state index in [1.54, 1.807) is 19.3 Å². The number of benzene rings is 1. The molecular formula is C13H15NO4. The summed E-state index contributed by atoms with van der Waals surface area (Å²) in [6, 6.07) is 3.49. The highest BCUT2D eigenvalue weighted by Gasteiger charge is 2.10. The molecule has 0 radical (unpaired) electrons. The fourth-order valence-electron chi connectivity index (χ4n) is 1.62. The number of methoxy groups -OCH3 is 2. The Morgan fingerprint density at radius 2 is 2.11 bits per heavy atom. The quantitative estimate of drug-likeness (QED) is 0.442. The van der Waals surface area contributed by atoms with Crippen molar-refractivity contribution in [2.24, 2.45) is 0 Å². The summed E-state index contributed by atoms with van der Waals surface area (Å²) in [4.78, 5) is 9.80. The number of nitro groups is 1. The van der Waals surface area contributed by atoms with Crippen LogP contribution in [0.1, 0.15) is 11.1 Å². The molecule has 1 rings (SSSR count). The van der Waals surface area contributed by atoms with E-state index in [-0.39, 0.29) is 0 Å². The van der Waals surface area contributed by atoms with E-state index < -0.39 is 4.92 Å². The number of rotatable bonds is 6. The molecule has 0 spiro atoms. The van der Waals surface area contributed by atoms with Gasteiger partial charge in [-0.05, 0) is 24.1 Å². The fourth-order valence-corrected chi connectivity index (χ4v) is 1.62. The summed E-state index contributed by atoms with van der Waals surface area (Å²) in [5, 5.41) is 10.3. The van der Waals surface area contributed by atoms with Gasteiger partial charge in [0.2, 0.25) is 6.20 Å². The van der Waals surface area contributed by atoms with Crippen molar-refractivity contribution in [3.05, 3.63) is 52.2 Å². The zero-order valence-electron chi connectivity index (χ0n) is 10.4. The van der Waals surface area contributed by atoms with Crippen LogP contribution in [0.2, 0.25) is 0 Å². The van der Waals surface area contributed by atoms with Crippen LogP contribution in [-0.4, -0.2) is 19.1 Å². The van der Waals surface area contributed by atoms with Crippen molar-refractivity contribution in [1.82, 2.24) is 0 Å². The summed E-state index contributed by atoms with van der Waals surface area (Å²) < 4.78 is 10.5. The van der Waals surface area contributed by atoms with Crippen molar-refractivity contribution >= 4 is 6.08 Å². The molecule has 0 atom stereocenters. The second-order valence-electron chi connectivity index (χ2n) is 3.51. The zero-order chi connectivity index (χ0) is 13.5. The molecule has 0 unspecified atom stereocenters. The Bertz CT molecular complexity index is 480. The molecule has 0 bridgehead atoms. The van der Waals surface area contributed by atoms with E-state index in [2.05, 4.69) is 6.58 Å². The molecule has 0 aliphatic heterocycles. The SMILES string of the molecule is C=CCc1cc(/C=C/[N+](=O)[O-])cc(OC)c1OC. The summed E-state index contributed by atoms with van der Waals surface area (Å²) in [7, 11) is 3.08. The van der Waals surface area contributed by atoms with Gasteiger partial charge >= 0.3 is 0 Å². The molecule has 0 aliphatic carbocycles. The molecule has 0 saturated heterocycles. The normalized spacial score (nSPS) is 10.3. The minimum absolute atomic E-state index is 0.510. The predicted octanol–water partition coefficient (Wildman–Crippen LogP) is 2.68. The van der Waals surface area contributed by atoms with Crippen molar-refractivity contribution in [3.63, 3.8) is 0 Å². The van der Waals surface area contributed by atoms with Crippen LogP contribution in [0.3, 0.4) is 0 Å². The van der Waals surface area contributed by atoms with Gasteiger partial charge in [-0.25, -0.2) is 0 Å². The van der Waals surface area contributed by atoms with Crippen molar-refractivity contribution in [3.8, 4) is 11.5 Å². The zero-order valence-corrected chi connectivity index (χ0v) is 10.4. The van der Waals surface area contributed by atoms with Gasteiger partial charge in [-0.15, -0.1) is 6.58 Å². The molecule has 0 heterocycles. The van der Waals surface area contributed by atoms with Crippen LogP contribution in [0.25, 0.3) is 6.08 Å². The highest BCUT2D eigenvalue weighted by atomic mass is 16.6. The Hall–Kier alpha value is -2.30. The predicted molar refractivity (Wildman–Crippen MR) is 69.5 cm³/mol. The van der Waals surface area contributed by atoms with Crippen LogP contribution in [0, 0.1) is 10.1 Å². The van der Waals surface area contributed by atoms with E-state index in [0.717, 1.165) is 11.8 Å². The van der Waals surface area contributed by atoms with Gasteiger partial charge in [0, 0.05) is 11.6 Å². The fraction of sp³-hybridized carbons (Fsp3) is 0.231. The first-order valence-corrected chi connectivity index (χ1v) is 5.29. The highest BCUT2D eigenvalue weighted by molar-refractivity contribution is 5.59. The molecule has 0 saturated carbocycles. The van der Waals surface area contributed by atoms with Crippen LogP contribution in [0.15, 0.2) is 31.0 Å². The molecule has 5 heteroatoms. The van der Waals surface area contributed by atoms with Gasteiger partial charge in [0.25, 0.3) is 0 Å². The van der Waals surface area contributed by atoms with E-state index in [0.29, 0.717) is 23.5 Å². The third kappa shape index (κ3) is 3.35. The van der Waals surface area contributed by atoms with Crippen molar-refractivity contribution in [1.29, 1.82) is 0 Å². The lowest BCUT2D eigenvalue weighted by Gasteiger charge is -2.12. The van der Waals surface area contributed by atoms with E-state index in [9.17, 15) is 10.1 Å². The molecular weight excluding hydrogens is 234 g/mol. The van der Waals surface area contributed by atoms with Crippen LogP contribution >= 0.6 is 0 Å². The van der Waals surface area contributed by atoms with E-state index in [1.165, 1.54) is 13.2 Å². The third-order valence-corrected chi connectivity index (χ3v) is 2.33. The molecule has 0 N–H and O–H groups in total. The van der Waals surface area contributed by atoms with Crippen LogP contribution in [0.4, 0.5) is 0 Å². The summed E-state index contributed by atoms with van der Waals surface area (Å²) in [6.45, 7) is 3.67. The van der Waals surface area contributed by atoms with E-state index >= 15 is 0 Å². The van der Waals surface area contributed by atoms with Gasteiger partial charge in [0.15, 0.2) is 11.5 Å². The topological polar surface area (TPSA) is 61.6 Å². The monoisotopic (exact) mass is 249 g/mol. The maximum absolute atomic E-state index is 10.3. The summed E-state index contributed by atoms with van der Waals surface area (Å²) >= 11 is 0. The number of allylic oxidation sites excluding steroid dienone is 1.